The molecule has 7 heteroatoms. The number of unbranched alkanes of at least 4 members (excludes halogenated alkanes) is 9. The van der Waals surface area contributed by atoms with Crippen LogP contribution >= 0.6 is 0 Å². The van der Waals surface area contributed by atoms with Gasteiger partial charge in [-0.05, 0) is 6.42 Å². The van der Waals surface area contributed by atoms with E-state index in [0.717, 1.165) is 12.8 Å². The highest BCUT2D eigenvalue weighted by atomic mass is 32.3. The van der Waals surface area contributed by atoms with Crippen LogP contribution in [0.25, 0.3) is 0 Å². The third kappa shape index (κ3) is 24.0. The van der Waals surface area contributed by atoms with Crippen LogP contribution in [0.5, 0.6) is 0 Å². The maximum Gasteiger partial charge on any atom is 0.397 e. The van der Waals surface area contributed by atoms with E-state index in [0.29, 0.717) is 6.42 Å². The molecule has 0 radical (unpaired) electrons. The predicted octanol–water partition coefficient (Wildman–Crippen LogP) is 1.99. The highest BCUT2D eigenvalue weighted by Crippen LogP contribution is 2.10. The highest BCUT2D eigenvalue weighted by molar-refractivity contribution is 7.80. The summed E-state index contributed by atoms with van der Waals surface area (Å²) in [6.07, 6.45) is 11.9. The zero-order valence-electron chi connectivity index (χ0n) is 11.4. The molecule has 19 heavy (non-hydrogen) atoms. The summed E-state index contributed by atoms with van der Waals surface area (Å²) >= 11 is 0. The molecule has 0 rings (SSSR count). The summed E-state index contributed by atoms with van der Waals surface area (Å²) in [4.78, 5) is 0. The average Bonchev–Trinajstić information content (AvgIpc) is 2.24. The second-order valence-electron chi connectivity index (χ2n) is 4.43. The minimum Gasteiger partial charge on any atom is -0.412 e. The molecule has 0 aromatic rings. The lowest BCUT2D eigenvalue weighted by molar-refractivity contribution is 0.261. The molecular weight excluding hydrogens is 280 g/mol. The van der Waals surface area contributed by atoms with E-state index in [1.165, 1.54) is 44.9 Å². The molecule has 0 fully saturated rings. The minimum atomic E-state index is -4.23. The first-order valence-corrected chi connectivity index (χ1v) is 8.04. The van der Waals surface area contributed by atoms with E-state index >= 15 is 0 Å². The Balaban J connectivity index is -0.00000128. The lowest BCUT2D eigenvalue weighted by Gasteiger charge is -2.02. The van der Waals surface area contributed by atoms with Crippen molar-refractivity contribution in [3.05, 3.63) is 0 Å². The van der Waals surface area contributed by atoms with Gasteiger partial charge in [-0.25, -0.2) is 4.18 Å². The second-order valence-corrected chi connectivity index (χ2v) is 5.52. The van der Waals surface area contributed by atoms with Gasteiger partial charge in [-0.3, -0.25) is 4.55 Å². The lowest BCUT2D eigenvalue weighted by Crippen LogP contribution is -2.04. The molecule has 0 spiro atoms. The summed E-state index contributed by atoms with van der Waals surface area (Å²) in [7, 11) is -4.23. The summed E-state index contributed by atoms with van der Waals surface area (Å²) in [5.41, 5.74) is 0. The van der Waals surface area contributed by atoms with Crippen molar-refractivity contribution in [1.29, 1.82) is 0 Å². The monoisotopic (exact) mass is 310 g/mol. The van der Waals surface area contributed by atoms with Gasteiger partial charge in [-0.1, -0.05) is 64.7 Å². The van der Waals surface area contributed by atoms with Crippen LogP contribution in [-0.4, -0.2) is 48.1 Å². The van der Waals surface area contributed by atoms with E-state index < -0.39 is 10.4 Å². The Morgan fingerprint density at radius 2 is 1.21 bits per heavy atom. The lowest BCUT2D eigenvalue weighted by atomic mass is 10.1. The van der Waals surface area contributed by atoms with Gasteiger partial charge < -0.3 is 5.48 Å². The zero-order valence-corrected chi connectivity index (χ0v) is 12.2. The van der Waals surface area contributed by atoms with Crippen molar-refractivity contribution in [2.45, 2.75) is 71.1 Å². The summed E-state index contributed by atoms with van der Waals surface area (Å²) < 4.78 is 33.0. The Kier molecular flexibility index (Phi) is 21.6. The van der Waals surface area contributed by atoms with Gasteiger partial charge in [0.2, 0.25) is 0 Å². The Hall–Kier alpha value is 0.596. The first-order chi connectivity index (χ1) is 8.06. The summed E-state index contributed by atoms with van der Waals surface area (Å²) in [5, 5.41) is 0. The number of hydrogen-bond acceptors (Lipinski definition) is 3. The number of rotatable bonds is 12. The predicted molar refractivity (Wildman–Crippen MR) is 81.5 cm³/mol. The van der Waals surface area contributed by atoms with Gasteiger partial charge in [-0.15, -0.1) is 0 Å². The molecule has 0 saturated heterocycles. The molecule has 0 heterocycles. The van der Waals surface area contributed by atoms with E-state index in [-0.39, 0.29) is 35.1 Å². The Morgan fingerprint density at radius 1 is 0.842 bits per heavy atom. The SMILES string of the molecule is CCCCCCCCCCCCOS(=O)(=O)O.O.[MgH2]. The highest BCUT2D eigenvalue weighted by Gasteiger charge is 2.02. The molecule has 0 bridgehead atoms. The summed E-state index contributed by atoms with van der Waals surface area (Å²) in [6.45, 7) is 2.31. The van der Waals surface area contributed by atoms with E-state index in [1.807, 2.05) is 0 Å². The zero-order chi connectivity index (χ0) is 13.0. The van der Waals surface area contributed by atoms with Crippen LogP contribution in [0.3, 0.4) is 0 Å². The Bertz CT molecular complexity index is 257. The molecule has 0 aliphatic carbocycles. The van der Waals surface area contributed by atoms with Gasteiger partial charge in [0.25, 0.3) is 0 Å². The van der Waals surface area contributed by atoms with Gasteiger partial charge in [0.15, 0.2) is 0 Å². The van der Waals surface area contributed by atoms with Crippen molar-refractivity contribution in [3.63, 3.8) is 0 Å². The molecule has 0 aromatic heterocycles. The molecular formula is C12H30MgO5S. The van der Waals surface area contributed by atoms with Crippen molar-refractivity contribution in [1.82, 2.24) is 0 Å². The van der Waals surface area contributed by atoms with Crippen molar-refractivity contribution >= 4 is 33.5 Å². The van der Waals surface area contributed by atoms with Crippen LogP contribution in [0.1, 0.15) is 71.1 Å². The molecule has 0 aliphatic rings. The van der Waals surface area contributed by atoms with Gasteiger partial charge in [0.05, 0.1) is 6.61 Å². The quantitative estimate of drug-likeness (QED) is 0.339. The molecule has 0 atom stereocenters. The standard InChI is InChI=1S/C12H26O4S.Mg.H2O.2H/c1-2-3-4-5-6-7-8-9-10-11-12-16-17(13,14)15;;;;/h2-12H2,1H3,(H,13,14,15);;1H2;;. The first-order valence-electron chi connectivity index (χ1n) is 6.68. The van der Waals surface area contributed by atoms with Crippen molar-refractivity contribution in [2.75, 3.05) is 6.61 Å². The normalized spacial score (nSPS) is 10.6. The fourth-order valence-corrected chi connectivity index (χ4v) is 2.08. The van der Waals surface area contributed by atoms with Gasteiger partial charge >= 0.3 is 33.5 Å². The Labute approximate surface area is 133 Å². The molecule has 0 saturated carbocycles. The molecule has 3 N–H and O–H groups in total. The molecule has 5 nitrogen and oxygen atoms in total. The third-order valence-electron chi connectivity index (χ3n) is 2.73. The van der Waals surface area contributed by atoms with Crippen LogP contribution < -0.4 is 0 Å². The molecule has 0 aliphatic heterocycles. The van der Waals surface area contributed by atoms with Crippen LogP contribution in [0.15, 0.2) is 0 Å². The van der Waals surface area contributed by atoms with Gasteiger partial charge in [-0.2, -0.15) is 8.42 Å². The topological polar surface area (TPSA) is 95.1 Å². The van der Waals surface area contributed by atoms with Crippen molar-refractivity contribution < 1.29 is 22.6 Å². The van der Waals surface area contributed by atoms with Crippen LogP contribution in [0, 0.1) is 0 Å². The van der Waals surface area contributed by atoms with Crippen LogP contribution in [0.2, 0.25) is 0 Å². The van der Waals surface area contributed by atoms with Gasteiger partial charge in [0.1, 0.15) is 0 Å². The van der Waals surface area contributed by atoms with E-state index in [9.17, 15) is 8.42 Å². The maximum absolute atomic E-state index is 10.2. The molecule has 0 unspecified atom stereocenters. The second kappa shape index (κ2) is 16.7. The first kappa shape index (κ1) is 24.6. The maximum atomic E-state index is 10.2. The fourth-order valence-electron chi connectivity index (χ4n) is 1.75. The average molecular weight is 311 g/mol. The summed E-state index contributed by atoms with van der Waals surface area (Å²) in [6, 6.07) is 0. The van der Waals surface area contributed by atoms with Crippen molar-refractivity contribution in [2.24, 2.45) is 0 Å². The molecule has 116 valence electrons. The summed E-state index contributed by atoms with van der Waals surface area (Å²) in [5.74, 6) is 0. The van der Waals surface area contributed by atoms with E-state index in [4.69, 9.17) is 4.55 Å². The largest absolute Gasteiger partial charge is 0.412 e. The minimum absolute atomic E-state index is 0. The van der Waals surface area contributed by atoms with E-state index in [2.05, 4.69) is 11.1 Å². The number of hydrogen-bond donors (Lipinski definition) is 1. The van der Waals surface area contributed by atoms with E-state index in [1.54, 1.807) is 0 Å². The Morgan fingerprint density at radius 3 is 1.58 bits per heavy atom. The smallest absolute Gasteiger partial charge is 0.397 e. The van der Waals surface area contributed by atoms with Crippen LogP contribution in [-0.2, 0) is 14.6 Å². The fraction of sp³-hybridized carbons (Fsp3) is 1.00. The van der Waals surface area contributed by atoms with Gasteiger partial charge in [0, 0.05) is 0 Å². The van der Waals surface area contributed by atoms with Crippen LogP contribution in [0.4, 0.5) is 0 Å². The molecule has 0 amide bonds. The third-order valence-corrected chi connectivity index (χ3v) is 3.19. The van der Waals surface area contributed by atoms with Crippen molar-refractivity contribution in [3.8, 4) is 0 Å². The molecule has 0 aromatic carbocycles.